The lowest BCUT2D eigenvalue weighted by Crippen LogP contribution is -2.41. The molecule has 0 aliphatic carbocycles. The molecule has 92 valence electrons. The lowest BCUT2D eigenvalue weighted by molar-refractivity contribution is -0.133. The normalized spacial score (nSPS) is 17.5. The lowest BCUT2D eigenvalue weighted by atomic mass is 10.1. The first kappa shape index (κ1) is 13.2. The Bertz CT molecular complexity index is 247. The van der Waals surface area contributed by atoms with Crippen molar-refractivity contribution in [2.75, 3.05) is 19.6 Å². The molecule has 1 aliphatic rings. The summed E-state index contributed by atoms with van der Waals surface area (Å²) in [7, 11) is 0. The molecule has 1 heterocycles. The minimum atomic E-state index is -0.289. The molecule has 4 nitrogen and oxygen atoms in total. The number of hydrogen-bond acceptors (Lipinski definition) is 3. The highest BCUT2D eigenvalue weighted by Gasteiger charge is 2.24. The van der Waals surface area contributed by atoms with Gasteiger partial charge in [0, 0.05) is 25.9 Å². The average Bonchev–Trinajstić information content (AvgIpc) is 2.80. The van der Waals surface area contributed by atoms with Crippen LogP contribution in [-0.2, 0) is 9.59 Å². The van der Waals surface area contributed by atoms with Gasteiger partial charge in [-0.2, -0.15) is 0 Å². The van der Waals surface area contributed by atoms with Gasteiger partial charge in [0.05, 0.1) is 6.04 Å². The molecule has 16 heavy (non-hydrogen) atoms. The van der Waals surface area contributed by atoms with Crippen molar-refractivity contribution in [2.45, 2.75) is 45.6 Å². The monoisotopic (exact) mass is 226 g/mol. The number of carbonyl (C=O) groups excluding carboxylic acids is 2. The van der Waals surface area contributed by atoms with Crippen molar-refractivity contribution in [2.24, 2.45) is 0 Å². The van der Waals surface area contributed by atoms with Gasteiger partial charge in [0.2, 0.25) is 5.91 Å². The van der Waals surface area contributed by atoms with E-state index in [9.17, 15) is 9.59 Å². The Morgan fingerprint density at radius 1 is 1.25 bits per heavy atom. The van der Waals surface area contributed by atoms with E-state index in [1.165, 1.54) is 0 Å². The highest BCUT2D eigenvalue weighted by Crippen LogP contribution is 2.10. The molecular formula is C12H22N2O2. The van der Waals surface area contributed by atoms with Crippen LogP contribution in [0.3, 0.4) is 0 Å². The molecule has 0 aromatic heterocycles. The molecule has 1 saturated heterocycles. The van der Waals surface area contributed by atoms with Crippen LogP contribution in [0.5, 0.6) is 0 Å². The maximum atomic E-state index is 11.9. The third kappa shape index (κ3) is 3.59. The van der Waals surface area contributed by atoms with E-state index >= 15 is 0 Å². The van der Waals surface area contributed by atoms with Gasteiger partial charge in [0.1, 0.15) is 5.78 Å². The van der Waals surface area contributed by atoms with Crippen molar-refractivity contribution in [1.82, 2.24) is 10.2 Å². The molecule has 0 aromatic rings. The van der Waals surface area contributed by atoms with Gasteiger partial charge in [-0.3, -0.25) is 9.59 Å². The predicted molar refractivity (Wildman–Crippen MR) is 63.2 cm³/mol. The van der Waals surface area contributed by atoms with Crippen molar-refractivity contribution >= 4 is 11.7 Å². The summed E-state index contributed by atoms with van der Waals surface area (Å²) in [6.07, 6.45) is 3.00. The first-order chi connectivity index (χ1) is 7.69. The third-order valence-electron chi connectivity index (χ3n) is 3.03. The number of nitrogens with one attached hydrogen (secondary N) is 1. The van der Waals surface area contributed by atoms with Crippen LogP contribution in [0.1, 0.15) is 39.5 Å². The molecule has 0 saturated carbocycles. The van der Waals surface area contributed by atoms with Crippen molar-refractivity contribution in [3.63, 3.8) is 0 Å². The molecule has 0 radical (unpaired) electrons. The average molecular weight is 226 g/mol. The Morgan fingerprint density at radius 2 is 1.88 bits per heavy atom. The number of amides is 1. The summed E-state index contributed by atoms with van der Waals surface area (Å²) in [5, 5.41) is 3.09. The number of carbonyl (C=O) groups is 2. The molecule has 1 fully saturated rings. The second-order valence-corrected chi connectivity index (χ2v) is 4.22. The molecule has 0 spiro atoms. The molecule has 4 heteroatoms. The first-order valence-electron chi connectivity index (χ1n) is 6.22. The maximum Gasteiger partial charge on any atom is 0.224 e. The van der Waals surface area contributed by atoms with Gasteiger partial charge in [-0.05, 0) is 19.4 Å². The van der Waals surface area contributed by atoms with Gasteiger partial charge in [-0.1, -0.05) is 13.8 Å². The van der Waals surface area contributed by atoms with E-state index < -0.39 is 0 Å². The summed E-state index contributed by atoms with van der Waals surface area (Å²) in [6.45, 7) is 6.24. The highest BCUT2D eigenvalue weighted by atomic mass is 16.2. The van der Waals surface area contributed by atoms with E-state index in [4.69, 9.17) is 0 Å². The van der Waals surface area contributed by atoms with Gasteiger partial charge in [-0.25, -0.2) is 0 Å². The van der Waals surface area contributed by atoms with Crippen LogP contribution in [-0.4, -0.2) is 42.3 Å². The molecule has 0 bridgehead atoms. The van der Waals surface area contributed by atoms with Crippen LogP contribution in [0.15, 0.2) is 0 Å². The fraction of sp³-hybridized carbons (Fsp3) is 0.833. The molecule has 1 amide bonds. The van der Waals surface area contributed by atoms with E-state index in [0.29, 0.717) is 12.8 Å². The van der Waals surface area contributed by atoms with Crippen LogP contribution >= 0.6 is 0 Å². The topological polar surface area (TPSA) is 49.4 Å². The standard InChI is InChI=1S/C12H22N2O2/c1-3-11(15)10(13-4-2)9-12(16)14-7-5-6-8-14/h10,13H,3-9H2,1-2H3. The van der Waals surface area contributed by atoms with Gasteiger partial charge in [0.25, 0.3) is 0 Å². The van der Waals surface area contributed by atoms with Crippen molar-refractivity contribution in [1.29, 1.82) is 0 Å². The van der Waals surface area contributed by atoms with Gasteiger partial charge in [0.15, 0.2) is 0 Å². The highest BCUT2D eigenvalue weighted by molar-refractivity contribution is 5.89. The van der Waals surface area contributed by atoms with Crippen LogP contribution in [0.25, 0.3) is 0 Å². The molecule has 0 aromatic carbocycles. The molecule has 1 atom stereocenters. The van der Waals surface area contributed by atoms with Gasteiger partial charge in [-0.15, -0.1) is 0 Å². The number of nitrogens with zero attached hydrogens (tertiary/aromatic N) is 1. The second-order valence-electron chi connectivity index (χ2n) is 4.22. The van der Waals surface area contributed by atoms with Crippen molar-refractivity contribution < 1.29 is 9.59 Å². The van der Waals surface area contributed by atoms with Crippen molar-refractivity contribution in [3.05, 3.63) is 0 Å². The summed E-state index contributed by atoms with van der Waals surface area (Å²) in [4.78, 5) is 25.4. The fourth-order valence-corrected chi connectivity index (χ4v) is 2.06. The number of ketones is 1. The van der Waals surface area contributed by atoms with Crippen LogP contribution in [0.2, 0.25) is 0 Å². The van der Waals surface area contributed by atoms with Crippen LogP contribution in [0.4, 0.5) is 0 Å². The molecule has 1 N–H and O–H groups in total. The smallest absolute Gasteiger partial charge is 0.224 e. The Kier molecular flexibility index (Phi) is 5.46. The summed E-state index contributed by atoms with van der Waals surface area (Å²) >= 11 is 0. The number of rotatable bonds is 6. The second kappa shape index (κ2) is 6.63. The Morgan fingerprint density at radius 3 is 2.38 bits per heavy atom. The number of Topliss-reactive ketones (excluding diaryl/α,β-unsaturated/α-hetero) is 1. The molecular weight excluding hydrogens is 204 g/mol. The SMILES string of the molecule is CCNC(CC(=O)N1CCCC1)C(=O)CC. The quantitative estimate of drug-likeness (QED) is 0.734. The van der Waals surface area contributed by atoms with E-state index in [2.05, 4.69) is 5.32 Å². The third-order valence-corrected chi connectivity index (χ3v) is 3.03. The summed E-state index contributed by atoms with van der Waals surface area (Å²) < 4.78 is 0. The zero-order valence-corrected chi connectivity index (χ0v) is 10.3. The van der Waals surface area contributed by atoms with E-state index in [1.807, 2.05) is 18.7 Å². The summed E-state index contributed by atoms with van der Waals surface area (Å²) in [5.41, 5.74) is 0. The van der Waals surface area contributed by atoms with Crippen LogP contribution in [0, 0.1) is 0 Å². The lowest BCUT2D eigenvalue weighted by Gasteiger charge is -2.20. The maximum absolute atomic E-state index is 11.9. The van der Waals surface area contributed by atoms with E-state index in [0.717, 1.165) is 32.5 Å². The predicted octanol–water partition coefficient (Wildman–Crippen LogP) is 0.956. The molecule has 1 aliphatic heterocycles. The van der Waals surface area contributed by atoms with Gasteiger partial charge >= 0.3 is 0 Å². The van der Waals surface area contributed by atoms with Crippen LogP contribution < -0.4 is 5.32 Å². The summed E-state index contributed by atoms with van der Waals surface area (Å²) in [5.74, 6) is 0.250. The van der Waals surface area contributed by atoms with Crippen molar-refractivity contribution in [3.8, 4) is 0 Å². The zero-order chi connectivity index (χ0) is 12.0. The molecule has 1 unspecified atom stereocenters. The fourth-order valence-electron chi connectivity index (χ4n) is 2.06. The number of hydrogen-bond donors (Lipinski definition) is 1. The zero-order valence-electron chi connectivity index (χ0n) is 10.3. The minimum absolute atomic E-state index is 0.116. The van der Waals surface area contributed by atoms with Gasteiger partial charge < -0.3 is 10.2 Å². The largest absolute Gasteiger partial charge is 0.343 e. The minimum Gasteiger partial charge on any atom is -0.343 e. The molecule has 1 rings (SSSR count). The summed E-state index contributed by atoms with van der Waals surface area (Å²) in [6, 6.07) is -0.289. The Balaban J connectivity index is 2.46. The Hall–Kier alpha value is -0.900. The van der Waals surface area contributed by atoms with E-state index in [1.54, 1.807) is 0 Å². The Labute approximate surface area is 97.4 Å². The van der Waals surface area contributed by atoms with E-state index in [-0.39, 0.29) is 17.7 Å². The first-order valence-corrected chi connectivity index (χ1v) is 6.22. The number of likely N-dealkylation sites (N-methyl/N-ethyl adjacent to an activating group) is 1. The number of likely N-dealkylation sites (tertiary alicyclic amines) is 1.